The minimum Gasteiger partial charge on any atom is -0.471 e. The van der Waals surface area contributed by atoms with Gasteiger partial charge in [-0.3, -0.25) is 0 Å². The fourth-order valence-corrected chi connectivity index (χ4v) is 5.80. The first-order valence-electron chi connectivity index (χ1n) is 12.8. The molecule has 1 fully saturated rings. The Labute approximate surface area is 223 Å². The minimum atomic E-state index is -1.63. The quantitative estimate of drug-likeness (QED) is 0.213. The van der Waals surface area contributed by atoms with Crippen molar-refractivity contribution in [1.29, 1.82) is 0 Å². The molecule has 5 unspecified atom stereocenters. The van der Waals surface area contributed by atoms with Crippen LogP contribution in [0.15, 0.2) is 42.7 Å². The molecule has 5 rings (SSSR count). The summed E-state index contributed by atoms with van der Waals surface area (Å²) >= 11 is 0. The third-order valence-corrected chi connectivity index (χ3v) is 7.83. The maximum absolute atomic E-state index is 14.7. The van der Waals surface area contributed by atoms with E-state index in [9.17, 15) is 29.6 Å². The Balaban J connectivity index is 1.44. The highest BCUT2D eigenvalue weighted by atomic mass is 19.1. The third-order valence-electron chi connectivity index (χ3n) is 7.83. The van der Waals surface area contributed by atoms with E-state index in [1.807, 2.05) is 6.07 Å². The SMILES string of the molecule is C=C[C@H]1[C@H](OC2OC(CO)C(O)C(O)C2O)OC=C(C(=O)OC)[C@H]1C[C@@H]1NCCc2c1[nH]c1cccc(F)c21. The van der Waals surface area contributed by atoms with Crippen molar-refractivity contribution < 1.29 is 48.6 Å². The van der Waals surface area contributed by atoms with Crippen LogP contribution in [0.1, 0.15) is 23.7 Å². The predicted octanol–water partition coefficient (Wildman–Crippen LogP) is 0.532. The molecule has 6 N–H and O–H groups in total. The number of aromatic amines is 1. The molecule has 12 heteroatoms. The second-order valence-corrected chi connectivity index (χ2v) is 9.99. The minimum absolute atomic E-state index is 0.243. The van der Waals surface area contributed by atoms with E-state index in [1.54, 1.807) is 12.1 Å². The summed E-state index contributed by atoms with van der Waals surface area (Å²) in [4.78, 5) is 16.1. The topological polar surface area (TPSA) is 163 Å². The van der Waals surface area contributed by atoms with Gasteiger partial charge in [0.1, 0.15) is 30.2 Å². The number of fused-ring (bicyclic) bond motifs is 3. The maximum Gasteiger partial charge on any atom is 0.337 e. The van der Waals surface area contributed by atoms with Gasteiger partial charge in [-0.05, 0) is 37.1 Å². The van der Waals surface area contributed by atoms with Crippen LogP contribution in [0.25, 0.3) is 10.9 Å². The molecule has 212 valence electrons. The first-order chi connectivity index (χ1) is 18.8. The predicted molar refractivity (Wildman–Crippen MR) is 134 cm³/mol. The lowest BCUT2D eigenvalue weighted by Crippen LogP contribution is -2.60. The Morgan fingerprint density at radius 1 is 1.23 bits per heavy atom. The number of aliphatic hydroxyl groups is 4. The molecule has 3 aliphatic heterocycles. The molecule has 3 aliphatic rings. The number of carbonyl (C=O) groups excluding carboxylic acids is 1. The van der Waals surface area contributed by atoms with E-state index < -0.39 is 61.4 Å². The zero-order valence-electron chi connectivity index (χ0n) is 21.3. The van der Waals surface area contributed by atoms with E-state index in [4.69, 9.17) is 18.9 Å². The number of ether oxygens (including phenoxy) is 4. The molecule has 11 nitrogen and oxygen atoms in total. The number of nitrogens with one attached hydrogen (secondary N) is 2. The van der Waals surface area contributed by atoms with Crippen molar-refractivity contribution in [2.75, 3.05) is 20.3 Å². The zero-order valence-corrected chi connectivity index (χ0v) is 21.3. The third kappa shape index (κ3) is 4.97. The van der Waals surface area contributed by atoms with Gasteiger partial charge in [-0.1, -0.05) is 12.1 Å². The number of rotatable bonds is 7. The Kier molecular flexibility index (Phi) is 8.06. The summed E-state index contributed by atoms with van der Waals surface area (Å²) in [6.45, 7) is 3.89. The van der Waals surface area contributed by atoms with Crippen LogP contribution in [0.3, 0.4) is 0 Å². The lowest BCUT2D eigenvalue weighted by Gasteiger charge is -2.43. The smallest absolute Gasteiger partial charge is 0.337 e. The van der Waals surface area contributed by atoms with E-state index in [-0.39, 0.29) is 17.4 Å². The van der Waals surface area contributed by atoms with E-state index >= 15 is 0 Å². The molecule has 0 radical (unpaired) electrons. The van der Waals surface area contributed by atoms with Crippen LogP contribution in [0.5, 0.6) is 0 Å². The molecule has 0 amide bonds. The number of hydrogen-bond donors (Lipinski definition) is 6. The second-order valence-electron chi connectivity index (χ2n) is 9.99. The van der Waals surface area contributed by atoms with Crippen molar-refractivity contribution >= 4 is 16.9 Å². The number of aliphatic hydroxyl groups excluding tert-OH is 4. The highest BCUT2D eigenvalue weighted by Gasteiger charge is 2.48. The van der Waals surface area contributed by atoms with Gasteiger partial charge in [-0.15, -0.1) is 6.58 Å². The average molecular weight is 549 g/mol. The molecule has 0 bridgehead atoms. The first-order valence-corrected chi connectivity index (χ1v) is 12.8. The Morgan fingerprint density at radius 2 is 2.03 bits per heavy atom. The van der Waals surface area contributed by atoms with Crippen LogP contribution < -0.4 is 5.32 Å². The molecule has 2 aromatic rings. The van der Waals surface area contributed by atoms with Gasteiger partial charge in [-0.25, -0.2) is 9.18 Å². The largest absolute Gasteiger partial charge is 0.471 e. The molecule has 9 atom stereocenters. The number of hydrogen-bond acceptors (Lipinski definition) is 10. The van der Waals surface area contributed by atoms with E-state index in [1.165, 1.54) is 19.4 Å². The zero-order chi connectivity index (χ0) is 27.8. The maximum atomic E-state index is 14.7. The molecular weight excluding hydrogens is 515 g/mol. The number of esters is 1. The van der Waals surface area contributed by atoms with Crippen molar-refractivity contribution in [3.05, 3.63) is 59.8 Å². The van der Waals surface area contributed by atoms with Crippen LogP contribution in [0, 0.1) is 17.7 Å². The summed E-state index contributed by atoms with van der Waals surface area (Å²) in [6, 6.07) is 4.61. The van der Waals surface area contributed by atoms with Crippen LogP contribution in [0.4, 0.5) is 4.39 Å². The van der Waals surface area contributed by atoms with Crippen LogP contribution in [-0.4, -0.2) is 88.6 Å². The average Bonchev–Trinajstić information content (AvgIpc) is 3.34. The van der Waals surface area contributed by atoms with Gasteiger partial charge in [0.05, 0.1) is 25.6 Å². The van der Waals surface area contributed by atoms with Crippen molar-refractivity contribution in [3.8, 4) is 0 Å². The van der Waals surface area contributed by atoms with Crippen molar-refractivity contribution in [1.82, 2.24) is 10.3 Å². The molecule has 4 heterocycles. The number of H-pyrrole nitrogens is 1. The number of benzene rings is 1. The van der Waals surface area contributed by atoms with E-state index in [0.29, 0.717) is 30.3 Å². The summed E-state index contributed by atoms with van der Waals surface area (Å²) in [5.41, 5.74) is 2.64. The molecule has 1 aromatic carbocycles. The molecule has 0 saturated carbocycles. The van der Waals surface area contributed by atoms with Crippen molar-refractivity contribution in [3.63, 3.8) is 0 Å². The summed E-state index contributed by atoms with van der Waals surface area (Å²) in [5, 5.41) is 44.2. The molecule has 1 saturated heterocycles. The lowest BCUT2D eigenvalue weighted by molar-refractivity contribution is -0.339. The van der Waals surface area contributed by atoms with Crippen molar-refractivity contribution in [2.24, 2.45) is 11.8 Å². The van der Waals surface area contributed by atoms with Crippen LogP contribution in [-0.2, 0) is 30.2 Å². The fourth-order valence-electron chi connectivity index (χ4n) is 5.80. The summed E-state index contributed by atoms with van der Waals surface area (Å²) in [6.07, 6.45) is -4.74. The van der Waals surface area contributed by atoms with Gasteiger partial charge in [0, 0.05) is 34.5 Å². The highest BCUT2D eigenvalue weighted by molar-refractivity contribution is 5.89. The standard InChI is InChI=1S/C27H33FN2O9/c1-3-12-14(9-18-21-13(7-8-29-18)20-16(28)5-4-6-17(20)30-21)15(25(35)36-2)11-37-26(12)39-27-24(34)23(33)22(32)19(10-31)38-27/h3-6,11-12,14,18-19,22-24,26-27,29-34H,1,7-10H2,2H3/t12-,14+,18+,19?,22?,23?,24?,26+,27?/m1/s1. The van der Waals surface area contributed by atoms with Gasteiger partial charge in [0.25, 0.3) is 0 Å². The molecule has 0 aliphatic carbocycles. The number of halogens is 1. The van der Waals surface area contributed by atoms with Gasteiger partial charge in [-0.2, -0.15) is 0 Å². The Morgan fingerprint density at radius 3 is 2.74 bits per heavy atom. The van der Waals surface area contributed by atoms with Crippen LogP contribution >= 0.6 is 0 Å². The Hall–Kier alpha value is -2.84. The van der Waals surface area contributed by atoms with Crippen molar-refractivity contribution in [2.45, 2.75) is 55.9 Å². The Bertz CT molecular complexity index is 1250. The number of carbonyl (C=O) groups is 1. The highest BCUT2D eigenvalue weighted by Crippen LogP contribution is 2.42. The molecule has 39 heavy (non-hydrogen) atoms. The van der Waals surface area contributed by atoms with Gasteiger partial charge < -0.3 is 49.7 Å². The second kappa shape index (κ2) is 11.3. The summed E-state index contributed by atoms with van der Waals surface area (Å²) in [7, 11) is 1.26. The van der Waals surface area contributed by atoms with E-state index in [2.05, 4.69) is 16.9 Å². The molecule has 0 spiro atoms. The summed E-state index contributed by atoms with van der Waals surface area (Å²) < 4.78 is 36.8. The van der Waals surface area contributed by atoms with Gasteiger partial charge in [0.2, 0.25) is 6.29 Å². The van der Waals surface area contributed by atoms with Gasteiger partial charge >= 0.3 is 5.97 Å². The first kappa shape index (κ1) is 27.7. The van der Waals surface area contributed by atoms with Crippen LogP contribution in [0.2, 0.25) is 0 Å². The molecular formula is C27H33FN2O9. The normalized spacial score (nSPS) is 34.6. The fraction of sp³-hybridized carbons (Fsp3) is 0.519. The monoisotopic (exact) mass is 548 g/mol. The van der Waals surface area contributed by atoms with E-state index in [0.717, 1.165) is 11.3 Å². The number of aromatic nitrogens is 1. The lowest BCUT2D eigenvalue weighted by atomic mass is 9.78. The summed E-state index contributed by atoms with van der Waals surface area (Å²) in [5.74, 6) is -2.09. The van der Waals surface area contributed by atoms with Gasteiger partial charge in [0.15, 0.2) is 6.29 Å². The number of methoxy groups -OCH3 is 1. The molecule has 1 aromatic heterocycles.